The highest BCUT2D eigenvalue weighted by molar-refractivity contribution is 6.11. The molecule has 0 saturated carbocycles. The zero-order chi connectivity index (χ0) is 17.6. The molecule has 0 radical (unpaired) electrons. The van der Waals surface area contributed by atoms with Crippen molar-refractivity contribution in [1.82, 2.24) is 9.72 Å². The summed E-state index contributed by atoms with van der Waals surface area (Å²) in [5.41, 5.74) is 2.40. The molecule has 5 nitrogen and oxygen atoms in total. The molecule has 0 fully saturated rings. The second-order valence-electron chi connectivity index (χ2n) is 6.00. The number of benzene rings is 1. The molecule has 0 bridgehead atoms. The molecule has 0 spiro atoms. The van der Waals surface area contributed by atoms with Gasteiger partial charge in [0.25, 0.3) is 0 Å². The summed E-state index contributed by atoms with van der Waals surface area (Å²) in [6.07, 6.45) is 5.02. The molecule has 0 aliphatic heterocycles. The Kier molecular flexibility index (Phi) is 5.56. The normalized spacial score (nSPS) is 11.1. The number of pyridine rings is 1. The average molecular weight is 340 g/mol. The van der Waals surface area contributed by atoms with Crippen molar-refractivity contribution in [3.05, 3.63) is 48.2 Å². The second-order valence-corrected chi connectivity index (χ2v) is 6.00. The number of ether oxygens (including phenoxy) is 2. The summed E-state index contributed by atoms with van der Waals surface area (Å²) in [5.74, 6) is 0.492. The predicted octanol–water partition coefficient (Wildman–Crippen LogP) is 4.00. The Morgan fingerprint density at radius 2 is 2.04 bits per heavy atom. The molecule has 0 unspecified atom stereocenters. The standard InChI is InChI=1S/C20H24N2O3/c1-3-4-7-12-24-20(23)19-16-10-9-15(25-14-21-2)13-18(16)22-11-6-5-8-17(19)22/h5-6,8-11,13,21H,3-4,7,12,14H2,1-2H3. The Labute approximate surface area is 147 Å². The molecule has 1 N–H and O–H groups in total. The first-order chi connectivity index (χ1) is 12.3. The van der Waals surface area contributed by atoms with E-state index in [9.17, 15) is 4.79 Å². The lowest BCUT2D eigenvalue weighted by atomic mass is 10.1. The van der Waals surface area contributed by atoms with Crippen LogP contribution in [-0.2, 0) is 4.74 Å². The minimum absolute atomic E-state index is 0.265. The van der Waals surface area contributed by atoms with Crippen LogP contribution in [0.1, 0.15) is 36.5 Å². The van der Waals surface area contributed by atoms with Crippen LogP contribution >= 0.6 is 0 Å². The van der Waals surface area contributed by atoms with Gasteiger partial charge in [0.05, 0.1) is 23.2 Å². The molecule has 3 rings (SSSR count). The van der Waals surface area contributed by atoms with Crippen molar-refractivity contribution in [1.29, 1.82) is 0 Å². The molecule has 132 valence electrons. The van der Waals surface area contributed by atoms with Crippen LogP contribution < -0.4 is 10.1 Å². The summed E-state index contributed by atoms with van der Waals surface area (Å²) < 4.78 is 13.1. The van der Waals surface area contributed by atoms with Gasteiger partial charge < -0.3 is 13.9 Å². The summed E-state index contributed by atoms with van der Waals surface area (Å²) in [6.45, 7) is 3.02. The van der Waals surface area contributed by atoms with E-state index in [1.54, 1.807) is 0 Å². The van der Waals surface area contributed by atoms with E-state index >= 15 is 0 Å². The number of rotatable bonds is 8. The van der Waals surface area contributed by atoms with Crippen LogP contribution in [-0.4, -0.2) is 30.8 Å². The van der Waals surface area contributed by atoms with E-state index in [1.807, 2.05) is 54.0 Å². The molecule has 5 heteroatoms. The quantitative estimate of drug-likeness (QED) is 0.383. The van der Waals surface area contributed by atoms with E-state index in [1.165, 1.54) is 0 Å². The lowest BCUT2D eigenvalue weighted by molar-refractivity contribution is 0.0502. The Hall–Kier alpha value is -2.53. The highest BCUT2D eigenvalue weighted by Gasteiger charge is 2.19. The molecule has 0 aliphatic carbocycles. The van der Waals surface area contributed by atoms with E-state index < -0.39 is 0 Å². The number of carbonyl (C=O) groups is 1. The van der Waals surface area contributed by atoms with Gasteiger partial charge >= 0.3 is 5.97 Å². The van der Waals surface area contributed by atoms with Crippen LogP contribution in [0.2, 0.25) is 0 Å². The summed E-state index contributed by atoms with van der Waals surface area (Å²) in [4.78, 5) is 12.7. The zero-order valence-corrected chi connectivity index (χ0v) is 14.7. The molecule has 25 heavy (non-hydrogen) atoms. The minimum Gasteiger partial charge on any atom is -0.478 e. The molecule has 2 heterocycles. The van der Waals surface area contributed by atoms with Gasteiger partial charge in [-0.2, -0.15) is 0 Å². The van der Waals surface area contributed by atoms with Crippen LogP contribution in [0.25, 0.3) is 16.4 Å². The Morgan fingerprint density at radius 3 is 2.84 bits per heavy atom. The van der Waals surface area contributed by atoms with Crippen LogP contribution in [0.15, 0.2) is 42.6 Å². The van der Waals surface area contributed by atoms with Gasteiger partial charge in [0, 0.05) is 17.6 Å². The fraction of sp³-hybridized carbons (Fsp3) is 0.350. The fourth-order valence-corrected chi connectivity index (χ4v) is 2.97. The molecular formula is C20H24N2O3. The number of aromatic nitrogens is 1. The van der Waals surface area contributed by atoms with Crippen molar-refractivity contribution in [2.45, 2.75) is 26.2 Å². The summed E-state index contributed by atoms with van der Waals surface area (Å²) in [7, 11) is 1.83. The largest absolute Gasteiger partial charge is 0.478 e. The lowest BCUT2D eigenvalue weighted by Gasteiger charge is -2.06. The molecule has 1 aromatic carbocycles. The number of nitrogens with one attached hydrogen (secondary N) is 1. The van der Waals surface area contributed by atoms with Gasteiger partial charge in [0.1, 0.15) is 12.5 Å². The molecule has 0 atom stereocenters. The predicted molar refractivity (Wildman–Crippen MR) is 99.3 cm³/mol. The van der Waals surface area contributed by atoms with Crippen LogP contribution in [0.4, 0.5) is 0 Å². The smallest absolute Gasteiger partial charge is 0.340 e. The second kappa shape index (κ2) is 8.03. The monoisotopic (exact) mass is 340 g/mol. The number of hydrogen-bond acceptors (Lipinski definition) is 4. The van der Waals surface area contributed by atoms with Crippen molar-refractivity contribution in [3.63, 3.8) is 0 Å². The van der Waals surface area contributed by atoms with E-state index in [4.69, 9.17) is 9.47 Å². The lowest BCUT2D eigenvalue weighted by Crippen LogP contribution is -2.13. The minimum atomic E-state index is -0.265. The molecule has 0 amide bonds. The fourth-order valence-electron chi connectivity index (χ4n) is 2.97. The van der Waals surface area contributed by atoms with Crippen LogP contribution in [0, 0.1) is 0 Å². The van der Waals surface area contributed by atoms with E-state index in [0.717, 1.165) is 41.4 Å². The first-order valence-electron chi connectivity index (χ1n) is 8.73. The van der Waals surface area contributed by atoms with Crippen molar-refractivity contribution in [2.75, 3.05) is 20.4 Å². The van der Waals surface area contributed by atoms with Gasteiger partial charge in [0.15, 0.2) is 0 Å². The van der Waals surface area contributed by atoms with Crippen molar-refractivity contribution >= 4 is 22.4 Å². The molecular weight excluding hydrogens is 316 g/mol. The summed E-state index contributed by atoms with van der Waals surface area (Å²) >= 11 is 0. The Bertz CT molecular complexity index is 870. The topological polar surface area (TPSA) is 52.0 Å². The van der Waals surface area contributed by atoms with Gasteiger partial charge in [-0.1, -0.05) is 25.8 Å². The molecule has 0 aliphatic rings. The summed E-state index contributed by atoms with van der Waals surface area (Å²) in [5, 5.41) is 3.83. The van der Waals surface area contributed by atoms with Gasteiger partial charge in [-0.25, -0.2) is 4.79 Å². The van der Waals surface area contributed by atoms with Gasteiger partial charge in [-0.05, 0) is 37.7 Å². The van der Waals surface area contributed by atoms with Crippen LogP contribution in [0.5, 0.6) is 5.75 Å². The van der Waals surface area contributed by atoms with Gasteiger partial charge in [-0.15, -0.1) is 0 Å². The molecule has 0 saturated heterocycles. The third kappa shape index (κ3) is 3.61. The maximum absolute atomic E-state index is 12.7. The first kappa shape index (κ1) is 17.3. The van der Waals surface area contributed by atoms with Crippen LogP contribution in [0.3, 0.4) is 0 Å². The van der Waals surface area contributed by atoms with E-state index in [-0.39, 0.29) is 5.97 Å². The SMILES string of the molecule is CCCCCOC(=O)c1c2ccc(OCNC)cc2n2ccccc12. The van der Waals surface area contributed by atoms with Gasteiger partial charge in [-0.3, -0.25) is 5.32 Å². The molecule has 2 aromatic heterocycles. The third-order valence-electron chi connectivity index (χ3n) is 4.18. The third-order valence-corrected chi connectivity index (χ3v) is 4.18. The van der Waals surface area contributed by atoms with E-state index in [0.29, 0.717) is 18.9 Å². The zero-order valence-electron chi connectivity index (χ0n) is 14.7. The summed E-state index contributed by atoms with van der Waals surface area (Å²) in [6, 6.07) is 11.6. The van der Waals surface area contributed by atoms with Crippen molar-refractivity contribution in [2.24, 2.45) is 0 Å². The number of unbranched alkanes of at least 4 members (excludes halogenated alkanes) is 2. The molecule has 3 aromatic rings. The number of fused-ring (bicyclic) bond motifs is 3. The number of hydrogen-bond donors (Lipinski definition) is 1. The van der Waals surface area contributed by atoms with Crippen molar-refractivity contribution in [3.8, 4) is 5.75 Å². The Morgan fingerprint density at radius 1 is 1.16 bits per heavy atom. The van der Waals surface area contributed by atoms with Crippen molar-refractivity contribution < 1.29 is 14.3 Å². The highest BCUT2D eigenvalue weighted by Crippen LogP contribution is 2.30. The highest BCUT2D eigenvalue weighted by atomic mass is 16.5. The van der Waals surface area contributed by atoms with Gasteiger partial charge in [0.2, 0.25) is 0 Å². The van der Waals surface area contributed by atoms with E-state index in [2.05, 4.69) is 12.2 Å². The maximum Gasteiger partial charge on any atom is 0.340 e. The first-order valence-corrected chi connectivity index (χ1v) is 8.73. The number of carbonyl (C=O) groups excluding carboxylic acids is 1. The number of nitrogens with zero attached hydrogens (tertiary/aromatic N) is 1. The number of esters is 1. The average Bonchev–Trinajstić information content (AvgIpc) is 2.97. The maximum atomic E-state index is 12.7. The Balaban J connectivity index is 1.99.